The second kappa shape index (κ2) is 9.41. The van der Waals surface area contributed by atoms with Crippen LogP contribution in [-0.4, -0.2) is 34.8 Å². The molecule has 0 spiro atoms. The van der Waals surface area contributed by atoms with Crippen LogP contribution in [0.2, 0.25) is 0 Å². The fourth-order valence-corrected chi connectivity index (χ4v) is 4.05. The second-order valence-corrected chi connectivity index (χ2v) is 8.07. The zero-order chi connectivity index (χ0) is 23.5. The number of halogens is 1. The molecule has 1 aliphatic heterocycles. The van der Waals surface area contributed by atoms with Crippen molar-refractivity contribution in [3.63, 3.8) is 0 Å². The molecule has 1 aromatic heterocycles. The first-order valence-electron chi connectivity index (χ1n) is 10.7. The Kier molecular flexibility index (Phi) is 6.41. The van der Waals surface area contributed by atoms with Gasteiger partial charge in [0.1, 0.15) is 22.9 Å². The highest BCUT2D eigenvalue weighted by Gasteiger charge is 2.27. The number of nitrogens with zero attached hydrogens (tertiary/aromatic N) is 2. The highest BCUT2D eigenvalue weighted by Crippen LogP contribution is 2.33. The van der Waals surface area contributed by atoms with Crippen molar-refractivity contribution in [2.45, 2.75) is 32.4 Å². The summed E-state index contributed by atoms with van der Waals surface area (Å²) >= 11 is 0. The molecular weight excluding hydrogens is 425 g/mol. The van der Waals surface area contributed by atoms with Gasteiger partial charge in [0.25, 0.3) is 11.8 Å². The van der Waals surface area contributed by atoms with Crippen LogP contribution >= 0.6 is 0 Å². The Balaban J connectivity index is 1.58. The lowest BCUT2D eigenvalue weighted by Crippen LogP contribution is -2.23. The van der Waals surface area contributed by atoms with Crippen LogP contribution in [0.1, 0.15) is 50.7 Å². The molecule has 0 radical (unpaired) electrons. The lowest BCUT2D eigenvalue weighted by molar-refractivity contribution is 0.0669. The number of aryl methyl sites for hydroxylation is 1. The zero-order valence-corrected chi connectivity index (χ0v) is 18.3. The number of nitrogens with two attached hydrogens (primary N) is 2. The summed E-state index contributed by atoms with van der Waals surface area (Å²) in [6.07, 6.45) is 1.37. The summed E-state index contributed by atoms with van der Waals surface area (Å²) in [6.45, 7) is 3.11. The number of amides is 2. The molecule has 0 saturated carbocycles. The van der Waals surface area contributed by atoms with Crippen LogP contribution in [-0.2, 0) is 11.3 Å². The predicted molar refractivity (Wildman–Crippen MR) is 122 cm³/mol. The number of rotatable bonds is 6. The van der Waals surface area contributed by atoms with Crippen molar-refractivity contribution in [3.8, 4) is 11.3 Å². The Morgan fingerprint density at radius 1 is 1.21 bits per heavy atom. The number of hydrogen-bond donors (Lipinski definition) is 3. The Hall–Kier alpha value is -3.72. The SMILES string of the molecule is Cc1ccccc1C(=O)NCc1ccc(-c2nn(C3CCOCC3)c(N)c2C(N)=O)c(F)c1. The van der Waals surface area contributed by atoms with Crippen molar-refractivity contribution >= 4 is 17.6 Å². The Labute approximate surface area is 190 Å². The van der Waals surface area contributed by atoms with Crippen molar-refractivity contribution in [3.05, 3.63) is 70.5 Å². The summed E-state index contributed by atoms with van der Waals surface area (Å²) in [7, 11) is 0. The molecular formula is C24H26FN5O3. The molecule has 172 valence electrons. The van der Waals surface area contributed by atoms with Crippen molar-refractivity contribution in [2.24, 2.45) is 5.73 Å². The van der Waals surface area contributed by atoms with Gasteiger partial charge in [0.2, 0.25) is 0 Å². The number of benzene rings is 2. The summed E-state index contributed by atoms with van der Waals surface area (Å²) in [4.78, 5) is 24.6. The number of hydrogen-bond acceptors (Lipinski definition) is 5. The van der Waals surface area contributed by atoms with Gasteiger partial charge in [0, 0.05) is 30.9 Å². The first-order valence-corrected chi connectivity index (χ1v) is 10.7. The molecule has 4 rings (SSSR count). The maximum Gasteiger partial charge on any atom is 0.254 e. The molecule has 2 amide bonds. The van der Waals surface area contributed by atoms with E-state index in [1.165, 1.54) is 12.1 Å². The minimum Gasteiger partial charge on any atom is -0.383 e. The highest BCUT2D eigenvalue weighted by atomic mass is 19.1. The number of carbonyl (C=O) groups excluding carboxylic acids is 2. The number of carbonyl (C=O) groups is 2. The van der Waals surface area contributed by atoms with E-state index in [9.17, 15) is 9.59 Å². The molecule has 8 nitrogen and oxygen atoms in total. The molecule has 0 aliphatic carbocycles. The second-order valence-electron chi connectivity index (χ2n) is 8.07. The molecule has 1 saturated heterocycles. The molecule has 5 N–H and O–H groups in total. The Morgan fingerprint density at radius 3 is 2.61 bits per heavy atom. The van der Waals surface area contributed by atoms with Gasteiger partial charge in [-0.05, 0) is 49.1 Å². The van der Waals surface area contributed by atoms with Gasteiger partial charge in [-0.25, -0.2) is 9.07 Å². The van der Waals surface area contributed by atoms with Crippen LogP contribution in [0.5, 0.6) is 0 Å². The maximum absolute atomic E-state index is 15.1. The van der Waals surface area contributed by atoms with Crippen molar-refractivity contribution in [2.75, 3.05) is 18.9 Å². The normalized spacial score (nSPS) is 14.2. The van der Waals surface area contributed by atoms with Crippen molar-refractivity contribution < 1.29 is 18.7 Å². The van der Waals surface area contributed by atoms with Crippen molar-refractivity contribution in [1.82, 2.24) is 15.1 Å². The highest BCUT2D eigenvalue weighted by molar-refractivity contribution is 6.03. The number of anilines is 1. The third-order valence-electron chi connectivity index (χ3n) is 5.86. The average molecular weight is 452 g/mol. The number of nitrogens with one attached hydrogen (secondary N) is 1. The summed E-state index contributed by atoms with van der Waals surface area (Å²) in [5.74, 6) is -1.47. The summed E-state index contributed by atoms with van der Waals surface area (Å²) in [5, 5.41) is 7.26. The molecule has 1 fully saturated rings. The Bertz CT molecular complexity index is 1200. The van der Waals surface area contributed by atoms with E-state index in [4.69, 9.17) is 16.2 Å². The van der Waals surface area contributed by atoms with Crippen LogP contribution in [0.15, 0.2) is 42.5 Å². The minimum atomic E-state index is -0.769. The van der Waals surface area contributed by atoms with Gasteiger partial charge < -0.3 is 21.5 Å². The monoisotopic (exact) mass is 451 g/mol. The van der Waals surface area contributed by atoms with E-state index < -0.39 is 11.7 Å². The van der Waals surface area contributed by atoms with Gasteiger partial charge >= 0.3 is 0 Å². The van der Waals surface area contributed by atoms with Gasteiger partial charge in [-0.15, -0.1) is 0 Å². The topological polar surface area (TPSA) is 125 Å². The standard InChI is InChI=1S/C24H26FN5O3/c1-14-4-2-3-5-17(14)24(32)28-13-15-6-7-18(19(25)12-15)21-20(23(27)31)22(26)30(29-21)16-8-10-33-11-9-16/h2-7,12,16H,8-11,13,26H2,1H3,(H2,27,31)(H,28,32). The fourth-order valence-electron chi connectivity index (χ4n) is 4.05. The van der Waals surface area contributed by atoms with E-state index in [1.54, 1.807) is 22.9 Å². The number of primary amides is 1. The minimum absolute atomic E-state index is 0.000924. The smallest absolute Gasteiger partial charge is 0.254 e. The van der Waals surface area contributed by atoms with Crippen LogP contribution in [0, 0.1) is 12.7 Å². The van der Waals surface area contributed by atoms with Crippen molar-refractivity contribution in [1.29, 1.82) is 0 Å². The average Bonchev–Trinajstić information content (AvgIpc) is 3.15. The van der Waals surface area contributed by atoms with Gasteiger partial charge in [0.15, 0.2) is 0 Å². The van der Waals surface area contributed by atoms with Crippen LogP contribution < -0.4 is 16.8 Å². The summed E-state index contributed by atoms with van der Waals surface area (Å²) in [6, 6.07) is 11.7. The van der Waals surface area contributed by atoms with Crippen LogP contribution in [0.3, 0.4) is 0 Å². The molecule has 33 heavy (non-hydrogen) atoms. The largest absolute Gasteiger partial charge is 0.383 e. The molecule has 0 unspecified atom stereocenters. The maximum atomic E-state index is 15.1. The molecule has 9 heteroatoms. The third-order valence-corrected chi connectivity index (χ3v) is 5.86. The van der Waals surface area contributed by atoms with E-state index in [-0.39, 0.29) is 41.1 Å². The fraction of sp³-hybridized carbons (Fsp3) is 0.292. The van der Waals surface area contributed by atoms with Gasteiger partial charge in [0.05, 0.1) is 6.04 Å². The molecule has 2 heterocycles. The van der Waals surface area contributed by atoms with E-state index >= 15 is 4.39 Å². The molecule has 2 aromatic carbocycles. The summed E-state index contributed by atoms with van der Waals surface area (Å²) < 4.78 is 22.0. The lowest BCUT2D eigenvalue weighted by Gasteiger charge is -2.23. The zero-order valence-electron chi connectivity index (χ0n) is 18.3. The number of aromatic nitrogens is 2. The first kappa shape index (κ1) is 22.5. The Morgan fingerprint density at radius 2 is 1.94 bits per heavy atom. The molecule has 3 aromatic rings. The quantitative estimate of drug-likeness (QED) is 0.531. The van der Waals surface area contributed by atoms with Gasteiger partial charge in [-0.2, -0.15) is 5.10 Å². The number of ether oxygens (including phenoxy) is 1. The lowest BCUT2D eigenvalue weighted by atomic mass is 10.0. The van der Waals surface area contributed by atoms with Gasteiger partial charge in [-0.3, -0.25) is 9.59 Å². The predicted octanol–water partition coefficient (Wildman–Crippen LogP) is 2.96. The number of nitrogen functional groups attached to an aromatic ring is 1. The van der Waals surface area contributed by atoms with Gasteiger partial charge in [-0.1, -0.05) is 24.3 Å². The molecule has 0 atom stereocenters. The molecule has 0 bridgehead atoms. The van der Waals surface area contributed by atoms with E-state index in [2.05, 4.69) is 10.4 Å². The van der Waals surface area contributed by atoms with Crippen LogP contribution in [0.25, 0.3) is 11.3 Å². The van der Waals surface area contributed by atoms with E-state index in [0.717, 1.165) is 5.56 Å². The van der Waals surface area contributed by atoms with E-state index in [0.29, 0.717) is 37.2 Å². The molecule has 1 aliphatic rings. The van der Waals surface area contributed by atoms with Crippen LogP contribution in [0.4, 0.5) is 10.2 Å². The summed E-state index contributed by atoms with van der Waals surface area (Å²) in [5.41, 5.74) is 14.0. The first-order chi connectivity index (χ1) is 15.9. The third kappa shape index (κ3) is 4.58. The van der Waals surface area contributed by atoms with E-state index in [1.807, 2.05) is 19.1 Å².